The Labute approximate surface area is 182 Å². The third-order valence-corrected chi connectivity index (χ3v) is 6.50. The van der Waals surface area contributed by atoms with Crippen LogP contribution in [0.1, 0.15) is 18.5 Å². The van der Waals surface area contributed by atoms with Crippen molar-refractivity contribution < 1.29 is 4.39 Å². The normalized spacial score (nSPS) is 17.6. The zero-order valence-corrected chi connectivity index (χ0v) is 17.8. The number of anilines is 1. The van der Waals surface area contributed by atoms with E-state index in [4.69, 9.17) is 0 Å². The van der Waals surface area contributed by atoms with Crippen molar-refractivity contribution in [2.45, 2.75) is 25.9 Å². The summed E-state index contributed by atoms with van der Waals surface area (Å²) in [5.74, 6) is 1.32. The summed E-state index contributed by atoms with van der Waals surface area (Å²) >= 11 is 0. The second-order valence-electron chi connectivity index (χ2n) is 8.50. The summed E-state index contributed by atoms with van der Waals surface area (Å²) in [6, 6.07) is 8.52. The molecule has 0 radical (unpaired) electrons. The lowest BCUT2D eigenvalue weighted by Crippen LogP contribution is -2.35. The van der Waals surface area contributed by atoms with E-state index in [0.717, 1.165) is 84.7 Å². The maximum atomic E-state index is 12.8. The SMILES string of the molecule is C=C(Nc1cc2cc(-c3cnn4c3CN(CCF)CC4)ccc2cn1)C1CCNCC1. The van der Waals surface area contributed by atoms with Crippen molar-refractivity contribution in [3.05, 3.63) is 54.6 Å². The molecule has 0 aliphatic carbocycles. The second-order valence-corrected chi connectivity index (χ2v) is 8.50. The lowest BCUT2D eigenvalue weighted by atomic mass is 9.95. The summed E-state index contributed by atoms with van der Waals surface area (Å²) in [7, 11) is 0. The molecule has 0 unspecified atom stereocenters. The molecule has 6 nitrogen and oxygen atoms in total. The number of alkyl halides is 1. The van der Waals surface area contributed by atoms with Crippen molar-refractivity contribution >= 4 is 16.6 Å². The molecule has 162 valence electrons. The number of piperidine rings is 1. The molecule has 5 rings (SSSR count). The summed E-state index contributed by atoms with van der Waals surface area (Å²) < 4.78 is 14.9. The van der Waals surface area contributed by atoms with Crippen molar-refractivity contribution in [1.82, 2.24) is 25.0 Å². The number of allylic oxidation sites excluding steroid dienone is 1. The van der Waals surface area contributed by atoms with Crippen molar-refractivity contribution in [3.63, 3.8) is 0 Å². The highest BCUT2D eigenvalue weighted by molar-refractivity contribution is 5.88. The van der Waals surface area contributed by atoms with Gasteiger partial charge in [-0.2, -0.15) is 5.10 Å². The number of benzene rings is 1. The molecule has 7 heteroatoms. The Morgan fingerprint density at radius 3 is 2.87 bits per heavy atom. The third kappa shape index (κ3) is 4.20. The molecule has 2 aliphatic rings. The molecular weight excluding hydrogens is 391 g/mol. The van der Waals surface area contributed by atoms with Crippen molar-refractivity contribution in [1.29, 1.82) is 0 Å². The predicted octanol–water partition coefficient (Wildman–Crippen LogP) is 3.81. The summed E-state index contributed by atoms with van der Waals surface area (Å²) in [6.07, 6.45) is 6.06. The maximum absolute atomic E-state index is 12.8. The Kier molecular flexibility index (Phi) is 5.70. The van der Waals surface area contributed by atoms with Gasteiger partial charge in [0.25, 0.3) is 0 Å². The fraction of sp³-hybridized carbons (Fsp3) is 0.417. The van der Waals surface area contributed by atoms with Crippen molar-refractivity contribution in [2.75, 3.05) is 38.2 Å². The monoisotopic (exact) mass is 420 g/mol. The minimum absolute atomic E-state index is 0.315. The minimum Gasteiger partial charge on any atom is -0.344 e. The molecule has 1 fully saturated rings. The topological polar surface area (TPSA) is 58.0 Å². The summed E-state index contributed by atoms with van der Waals surface area (Å²) in [5.41, 5.74) is 4.45. The van der Waals surface area contributed by atoms with Gasteiger partial charge in [-0.15, -0.1) is 0 Å². The Hall–Kier alpha value is -2.77. The van der Waals surface area contributed by atoms with Crippen LogP contribution in [-0.2, 0) is 13.1 Å². The van der Waals surface area contributed by atoms with E-state index in [-0.39, 0.29) is 6.67 Å². The van der Waals surface area contributed by atoms with Gasteiger partial charge in [0, 0.05) is 48.4 Å². The van der Waals surface area contributed by atoms with Gasteiger partial charge in [-0.3, -0.25) is 9.58 Å². The molecule has 0 bridgehead atoms. The molecule has 2 N–H and O–H groups in total. The van der Waals surface area contributed by atoms with Crippen LogP contribution < -0.4 is 10.6 Å². The molecular formula is C24H29FN6. The largest absolute Gasteiger partial charge is 0.344 e. The summed E-state index contributed by atoms with van der Waals surface area (Å²) in [6.45, 7) is 8.89. The van der Waals surface area contributed by atoms with Gasteiger partial charge in [0.2, 0.25) is 0 Å². The number of rotatable bonds is 6. The molecule has 1 aromatic carbocycles. The molecule has 2 aromatic heterocycles. The molecule has 4 heterocycles. The zero-order chi connectivity index (χ0) is 21.2. The Morgan fingerprint density at radius 1 is 1.16 bits per heavy atom. The van der Waals surface area contributed by atoms with Crippen LogP contribution >= 0.6 is 0 Å². The highest BCUT2D eigenvalue weighted by Gasteiger charge is 2.21. The Bertz CT molecular complexity index is 1080. The predicted molar refractivity (Wildman–Crippen MR) is 123 cm³/mol. The van der Waals surface area contributed by atoms with Crippen LogP contribution in [-0.4, -0.2) is 52.5 Å². The van der Waals surface area contributed by atoms with E-state index in [1.807, 2.05) is 12.4 Å². The first kappa shape index (κ1) is 20.2. The maximum Gasteiger partial charge on any atom is 0.130 e. The van der Waals surface area contributed by atoms with E-state index in [2.05, 4.69) is 61.1 Å². The number of pyridine rings is 1. The van der Waals surface area contributed by atoms with E-state index < -0.39 is 0 Å². The highest BCUT2D eigenvalue weighted by atomic mass is 19.1. The smallest absolute Gasteiger partial charge is 0.130 e. The third-order valence-electron chi connectivity index (χ3n) is 6.50. The molecule has 0 saturated carbocycles. The van der Waals surface area contributed by atoms with Crippen LogP contribution in [0.3, 0.4) is 0 Å². The van der Waals surface area contributed by atoms with Crippen LogP contribution in [0.15, 0.2) is 48.9 Å². The molecule has 0 spiro atoms. The van der Waals surface area contributed by atoms with Gasteiger partial charge < -0.3 is 10.6 Å². The van der Waals surface area contributed by atoms with Crippen molar-refractivity contribution in [2.24, 2.45) is 5.92 Å². The average Bonchev–Trinajstić information content (AvgIpc) is 3.23. The van der Waals surface area contributed by atoms with Crippen molar-refractivity contribution in [3.8, 4) is 11.1 Å². The quantitative estimate of drug-likeness (QED) is 0.635. The molecule has 0 amide bonds. The number of nitrogens with one attached hydrogen (secondary N) is 2. The van der Waals surface area contributed by atoms with Gasteiger partial charge in [0.1, 0.15) is 12.5 Å². The first-order valence-corrected chi connectivity index (χ1v) is 11.1. The standard InChI is InChI=1S/C24H29FN6/c1-17(18-4-7-26-8-5-18)29-24-13-21-12-19(2-3-20(21)14-27-24)22-15-28-31-11-10-30(9-6-25)16-23(22)31/h2-3,12-15,18,26H,1,4-11,16H2,(H,27,29). The second kappa shape index (κ2) is 8.77. The number of hydrogen-bond acceptors (Lipinski definition) is 5. The van der Waals surface area contributed by atoms with Gasteiger partial charge >= 0.3 is 0 Å². The van der Waals surface area contributed by atoms with Gasteiger partial charge in [0.15, 0.2) is 0 Å². The van der Waals surface area contributed by atoms with E-state index in [1.54, 1.807) is 0 Å². The number of hydrogen-bond donors (Lipinski definition) is 2. The van der Waals surface area contributed by atoms with Crippen LogP contribution in [0, 0.1) is 5.92 Å². The number of fused-ring (bicyclic) bond motifs is 2. The first-order valence-electron chi connectivity index (χ1n) is 11.1. The number of halogens is 1. The Balaban J connectivity index is 1.40. The van der Waals surface area contributed by atoms with Gasteiger partial charge in [-0.05, 0) is 49.0 Å². The van der Waals surface area contributed by atoms with Crippen LogP contribution in [0.2, 0.25) is 0 Å². The molecule has 3 aromatic rings. The molecule has 2 aliphatic heterocycles. The fourth-order valence-electron chi connectivity index (χ4n) is 4.66. The van der Waals surface area contributed by atoms with Crippen LogP contribution in [0.4, 0.5) is 10.2 Å². The minimum atomic E-state index is -0.315. The lowest BCUT2D eigenvalue weighted by Gasteiger charge is -2.27. The number of aromatic nitrogens is 3. The molecule has 0 atom stereocenters. The van der Waals surface area contributed by atoms with E-state index in [0.29, 0.717) is 12.5 Å². The molecule has 31 heavy (non-hydrogen) atoms. The molecule has 1 saturated heterocycles. The van der Waals surface area contributed by atoms with E-state index in [1.165, 1.54) is 0 Å². The van der Waals surface area contributed by atoms with E-state index in [9.17, 15) is 4.39 Å². The summed E-state index contributed by atoms with van der Waals surface area (Å²) in [5, 5.41) is 13.6. The fourth-order valence-corrected chi connectivity index (χ4v) is 4.66. The van der Waals surface area contributed by atoms with Gasteiger partial charge in [-0.25, -0.2) is 9.37 Å². The van der Waals surface area contributed by atoms with Gasteiger partial charge in [0.05, 0.1) is 18.4 Å². The Morgan fingerprint density at radius 2 is 2.03 bits per heavy atom. The summed E-state index contributed by atoms with van der Waals surface area (Å²) in [4.78, 5) is 6.74. The average molecular weight is 421 g/mol. The number of nitrogens with zero attached hydrogens (tertiary/aromatic N) is 4. The first-order chi connectivity index (χ1) is 15.2. The lowest BCUT2D eigenvalue weighted by molar-refractivity contribution is 0.197. The van der Waals surface area contributed by atoms with Crippen LogP contribution in [0.5, 0.6) is 0 Å². The van der Waals surface area contributed by atoms with Crippen LogP contribution in [0.25, 0.3) is 21.9 Å². The zero-order valence-electron chi connectivity index (χ0n) is 17.8. The van der Waals surface area contributed by atoms with Gasteiger partial charge in [-0.1, -0.05) is 18.7 Å². The van der Waals surface area contributed by atoms with E-state index >= 15 is 0 Å². The highest BCUT2D eigenvalue weighted by Crippen LogP contribution is 2.30.